The van der Waals surface area contributed by atoms with Crippen LogP contribution in [0.3, 0.4) is 0 Å². The Balaban J connectivity index is 4.15. The van der Waals surface area contributed by atoms with Gasteiger partial charge in [0.15, 0.2) is 0 Å². The molecule has 0 saturated heterocycles. The lowest BCUT2D eigenvalue weighted by molar-refractivity contribution is 0.199. The van der Waals surface area contributed by atoms with Crippen LogP contribution in [0.5, 0.6) is 0 Å². The van der Waals surface area contributed by atoms with Crippen molar-refractivity contribution in [3.05, 3.63) is 0 Å². The molecule has 0 aliphatic heterocycles. The fraction of sp³-hybridized carbons (Fsp3) is 1.00. The van der Waals surface area contributed by atoms with Crippen molar-refractivity contribution in [1.82, 2.24) is 0 Å². The summed E-state index contributed by atoms with van der Waals surface area (Å²) in [6, 6.07) is 0. The van der Waals surface area contributed by atoms with Crippen LogP contribution in [0.1, 0.15) is 66.2 Å². The van der Waals surface area contributed by atoms with E-state index in [0.29, 0.717) is 0 Å². The van der Waals surface area contributed by atoms with Gasteiger partial charge < -0.3 is 8.85 Å². The van der Waals surface area contributed by atoms with Gasteiger partial charge in [-0.3, -0.25) is 0 Å². The Morgan fingerprint density at radius 3 is 1.56 bits per heavy atom. The number of hydrogen-bond donors (Lipinski definition) is 0. The minimum absolute atomic E-state index is 0.722. The summed E-state index contributed by atoms with van der Waals surface area (Å²) in [5.41, 5.74) is 0.722. The van der Waals surface area contributed by atoms with Gasteiger partial charge in [-0.25, -0.2) is 0 Å². The van der Waals surface area contributed by atoms with Crippen molar-refractivity contribution in [3.63, 3.8) is 0 Å². The molecule has 0 unspecified atom stereocenters. The summed E-state index contributed by atoms with van der Waals surface area (Å²) < 4.78 is 11.7. The van der Waals surface area contributed by atoms with Crippen LogP contribution in [0.25, 0.3) is 0 Å². The highest BCUT2D eigenvalue weighted by Crippen LogP contribution is 2.26. The van der Waals surface area contributed by atoms with Gasteiger partial charge in [0, 0.05) is 13.2 Å². The fourth-order valence-electron chi connectivity index (χ4n) is 2.00. The van der Waals surface area contributed by atoms with E-state index >= 15 is 0 Å². The summed E-state index contributed by atoms with van der Waals surface area (Å²) in [6.45, 7) is 10.3. The summed E-state index contributed by atoms with van der Waals surface area (Å²) in [5, 5.41) is 0. The Kier molecular flexibility index (Phi) is 11.7. The largest absolute Gasteiger partial charge is 0.397 e. The summed E-state index contributed by atoms with van der Waals surface area (Å²) in [6.07, 6.45) is 7.79. The molecule has 0 saturated carbocycles. The Morgan fingerprint density at radius 1 is 0.812 bits per heavy atom. The first-order chi connectivity index (χ1) is 7.79. The predicted molar refractivity (Wildman–Crippen MR) is 73.2 cm³/mol. The molecule has 0 rings (SSSR count). The molecule has 0 bridgehead atoms. The molecule has 0 aromatic heterocycles. The lowest BCUT2D eigenvalue weighted by Crippen LogP contribution is -2.29. The maximum absolute atomic E-state index is 5.86. The molecule has 98 valence electrons. The summed E-state index contributed by atoms with van der Waals surface area (Å²) in [5.74, 6) is 0. The molecule has 0 N–H and O–H groups in total. The Hall–Kier alpha value is 0.137. The molecule has 2 nitrogen and oxygen atoms in total. The molecule has 0 aliphatic carbocycles. The Morgan fingerprint density at radius 2 is 1.25 bits per heavy atom. The zero-order valence-electron chi connectivity index (χ0n) is 11.6. The topological polar surface area (TPSA) is 18.5 Å². The highest BCUT2D eigenvalue weighted by molar-refractivity contribution is 6.46. The van der Waals surface area contributed by atoms with Gasteiger partial charge in [-0.2, -0.15) is 0 Å². The highest BCUT2D eigenvalue weighted by Gasteiger charge is 2.24. The molecule has 0 aromatic carbocycles. The minimum atomic E-state index is -1.41. The summed E-state index contributed by atoms with van der Waals surface area (Å²) in [4.78, 5) is 0. The molecule has 0 aliphatic rings. The molecule has 0 radical (unpaired) electrons. The zero-order valence-corrected chi connectivity index (χ0v) is 12.8. The van der Waals surface area contributed by atoms with Gasteiger partial charge in [-0.15, -0.1) is 0 Å². The van der Waals surface area contributed by atoms with Crippen LogP contribution in [0, 0.1) is 0 Å². The number of rotatable bonds is 11. The zero-order chi connectivity index (χ0) is 12.2. The van der Waals surface area contributed by atoms with Crippen molar-refractivity contribution in [2.24, 2.45) is 0 Å². The molecule has 0 spiro atoms. The van der Waals surface area contributed by atoms with Gasteiger partial charge >= 0.3 is 9.28 Å². The van der Waals surface area contributed by atoms with Crippen LogP contribution in [0.15, 0.2) is 0 Å². The van der Waals surface area contributed by atoms with E-state index in [2.05, 4.69) is 27.7 Å². The SMILES string of the molecule is CCCCC(CCCC)[SiH](OCC)OCC. The van der Waals surface area contributed by atoms with Gasteiger partial charge in [0.2, 0.25) is 0 Å². The van der Waals surface area contributed by atoms with E-state index in [1.165, 1.54) is 38.5 Å². The first-order valence-corrected chi connectivity index (χ1v) is 8.64. The maximum Gasteiger partial charge on any atom is 0.324 e. The Bertz CT molecular complexity index is 128. The highest BCUT2D eigenvalue weighted by atomic mass is 28.3. The van der Waals surface area contributed by atoms with Crippen LogP contribution < -0.4 is 0 Å². The third kappa shape index (κ3) is 7.42. The van der Waals surface area contributed by atoms with Crippen LogP contribution in [-0.4, -0.2) is 22.5 Å². The quantitative estimate of drug-likeness (QED) is 0.512. The van der Waals surface area contributed by atoms with Crippen molar-refractivity contribution in [1.29, 1.82) is 0 Å². The average molecular weight is 246 g/mol. The molecule has 0 fully saturated rings. The van der Waals surface area contributed by atoms with Crippen LogP contribution in [-0.2, 0) is 8.85 Å². The summed E-state index contributed by atoms with van der Waals surface area (Å²) >= 11 is 0. The van der Waals surface area contributed by atoms with Crippen LogP contribution in [0.2, 0.25) is 5.54 Å². The van der Waals surface area contributed by atoms with Crippen LogP contribution in [0.4, 0.5) is 0 Å². The van der Waals surface area contributed by atoms with Crippen molar-refractivity contribution in [2.75, 3.05) is 13.2 Å². The molecule has 0 aromatic rings. The van der Waals surface area contributed by atoms with E-state index in [1.807, 2.05) is 0 Å². The molecular formula is C13H30O2Si. The van der Waals surface area contributed by atoms with Crippen molar-refractivity contribution in [2.45, 2.75) is 71.8 Å². The molecule has 3 heteroatoms. The van der Waals surface area contributed by atoms with Crippen molar-refractivity contribution < 1.29 is 8.85 Å². The molecular weight excluding hydrogens is 216 g/mol. The minimum Gasteiger partial charge on any atom is -0.397 e. The van der Waals surface area contributed by atoms with Crippen molar-refractivity contribution in [3.8, 4) is 0 Å². The van der Waals surface area contributed by atoms with Gasteiger partial charge in [0.1, 0.15) is 0 Å². The van der Waals surface area contributed by atoms with E-state index in [-0.39, 0.29) is 0 Å². The second-order valence-corrected chi connectivity index (χ2v) is 6.67. The average Bonchev–Trinajstić information content (AvgIpc) is 2.29. The summed E-state index contributed by atoms with van der Waals surface area (Å²) in [7, 11) is -1.41. The third-order valence-electron chi connectivity index (χ3n) is 2.90. The second kappa shape index (κ2) is 11.6. The lowest BCUT2D eigenvalue weighted by Gasteiger charge is -2.24. The van der Waals surface area contributed by atoms with Gasteiger partial charge in [0.05, 0.1) is 0 Å². The number of unbranched alkanes of at least 4 members (excludes halogenated alkanes) is 2. The molecule has 0 amide bonds. The van der Waals surface area contributed by atoms with Crippen molar-refractivity contribution >= 4 is 9.28 Å². The smallest absolute Gasteiger partial charge is 0.324 e. The first-order valence-electron chi connectivity index (χ1n) is 7.03. The van der Waals surface area contributed by atoms with Gasteiger partial charge in [0.25, 0.3) is 0 Å². The maximum atomic E-state index is 5.86. The predicted octanol–water partition coefficient (Wildman–Crippen LogP) is 4.03. The standard InChI is InChI=1S/C13H30O2Si/c1-5-9-11-13(12-10-6-2)16(14-7-3)15-8-4/h13,16H,5-12H2,1-4H3. The van der Waals surface area contributed by atoms with Crippen LogP contribution >= 0.6 is 0 Å². The van der Waals surface area contributed by atoms with E-state index in [1.54, 1.807) is 0 Å². The Labute approximate surface area is 104 Å². The monoisotopic (exact) mass is 246 g/mol. The van der Waals surface area contributed by atoms with Gasteiger partial charge in [-0.1, -0.05) is 39.5 Å². The molecule has 0 heterocycles. The fourth-order valence-corrected chi connectivity index (χ4v) is 4.31. The van der Waals surface area contributed by atoms with Gasteiger partial charge in [-0.05, 0) is 32.2 Å². The van der Waals surface area contributed by atoms with E-state index < -0.39 is 9.28 Å². The van der Waals surface area contributed by atoms with E-state index in [0.717, 1.165) is 18.8 Å². The second-order valence-electron chi connectivity index (χ2n) is 4.32. The normalized spacial score (nSPS) is 11.6. The lowest BCUT2D eigenvalue weighted by atomic mass is 10.1. The third-order valence-corrected chi connectivity index (χ3v) is 5.66. The van der Waals surface area contributed by atoms with E-state index in [4.69, 9.17) is 8.85 Å². The van der Waals surface area contributed by atoms with E-state index in [9.17, 15) is 0 Å². The number of hydrogen-bond acceptors (Lipinski definition) is 2. The molecule has 0 atom stereocenters. The first kappa shape index (κ1) is 16.1. The molecule has 16 heavy (non-hydrogen) atoms.